The first-order valence-electron chi connectivity index (χ1n) is 5.15. The van der Waals surface area contributed by atoms with Crippen molar-refractivity contribution < 1.29 is 28.3 Å². The average Bonchev–Trinajstić information content (AvgIpc) is 2.34. The number of alkyl halides is 3. The Balaban J connectivity index is 3.21. The number of benzene rings is 1. The van der Waals surface area contributed by atoms with E-state index in [0.29, 0.717) is 0 Å². The van der Waals surface area contributed by atoms with Crippen LogP contribution in [0.5, 0.6) is 0 Å². The van der Waals surface area contributed by atoms with Gasteiger partial charge in [0.15, 0.2) is 5.84 Å². The van der Waals surface area contributed by atoms with Crippen LogP contribution >= 0.6 is 0 Å². The molecule has 104 valence electrons. The van der Waals surface area contributed by atoms with Crippen LogP contribution in [0.1, 0.15) is 23.1 Å². The molecule has 0 unspecified atom stereocenters. The fourth-order valence-corrected chi connectivity index (χ4v) is 1.52. The molecule has 0 atom stereocenters. The van der Waals surface area contributed by atoms with Crippen LogP contribution in [0.15, 0.2) is 23.4 Å². The van der Waals surface area contributed by atoms with Gasteiger partial charge < -0.3 is 16.0 Å². The fourth-order valence-electron chi connectivity index (χ4n) is 1.52. The van der Waals surface area contributed by atoms with Gasteiger partial charge >= 0.3 is 12.1 Å². The summed E-state index contributed by atoms with van der Waals surface area (Å²) in [6.45, 7) is 0. The van der Waals surface area contributed by atoms with E-state index in [4.69, 9.17) is 16.0 Å². The molecule has 8 heteroatoms. The number of oxime groups is 1. The van der Waals surface area contributed by atoms with Gasteiger partial charge in [0.05, 0.1) is 5.56 Å². The van der Waals surface area contributed by atoms with Crippen molar-refractivity contribution in [2.75, 3.05) is 0 Å². The number of hydrogen-bond donors (Lipinski definition) is 3. The number of aliphatic carboxylic acids is 1. The summed E-state index contributed by atoms with van der Waals surface area (Å²) in [6.07, 6.45) is -5.30. The molecule has 0 radical (unpaired) electrons. The smallest absolute Gasteiger partial charge is 0.416 e. The van der Waals surface area contributed by atoms with Crippen LogP contribution < -0.4 is 5.73 Å². The van der Waals surface area contributed by atoms with Crippen LogP contribution in [-0.4, -0.2) is 22.1 Å². The summed E-state index contributed by atoms with van der Waals surface area (Å²) in [5.41, 5.74) is 3.99. The number of carboxylic acid groups (broad SMARTS) is 1. The number of carboxylic acids is 1. The molecular formula is C11H11F3N2O3. The molecule has 4 N–H and O–H groups in total. The van der Waals surface area contributed by atoms with Crippen LogP contribution in [0.3, 0.4) is 0 Å². The Morgan fingerprint density at radius 3 is 2.47 bits per heavy atom. The minimum Gasteiger partial charge on any atom is -0.481 e. The van der Waals surface area contributed by atoms with Crippen molar-refractivity contribution >= 4 is 11.8 Å². The lowest BCUT2D eigenvalue weighted by Crippen LogP contribution is -2.17. The quantitative estimate of drug-likeness (QED) is 0.338. The summed E-state index contributed by atoms with van der Waals surface area (Å²) in [6, 6.07) is 3.09. The molecule has 1 rings (SSSR count). The van der Waals surface area contributed by atoms with Gasteiger partial charge in [-0.1, -0.05) is 17.3 Å². The van der Waals surface area contributed by atoms with E-state index >= 15 is 0 Å². The van der Waals surface area contributed by atoms with E-state index in [0.717, 1.165) is 12.1 Å². The largest absolute Gasteiger partial charge is 0.481 e. The molecule has 0 heterocycles. The zero-order valence-electron chi connectivity index (χ0n) is 9.61. The van der Waals surface area contributed by atoms with E-state index in [1.54, 1.807) is 0 Å². The Labute approximate surface area is 106 Å². The molecule has 1 aromatic carbocycles. The Kier molecular flexibility index (Phi) is 4.36. The lowest BCUT2D eigenvalue weighted by atomic mass is 9.99. The van der Waals surface area contributed by atoms with Gasteiger partial charge in [-0.25, -0.2) is 0 Å². The number of rotatable bonds is 4. The Bertz CT molecular complexity index is 512. The molecule has 0 fully saturated rings. The molecule has 0 aliphatic rings. The van der Waals surface area contributed by atoms with E-state index in [1.165, 1.54) is 6.07 Å². The average molecular weight is 276 g/mol. The Morgan fingerprint density at radius 1 is 1.37 bits per heavy atom. The zero-order chi connectivity index (χ0) is 14.6. The van der Waals surface area contributed by atoms with Crippen LogP contribution in [0, 0.1) is 0 Å². The van der Waals surface area contributed by atoms with Crippen molar-refractivity contribution in [1.82, 2.24) is 0 Å². The lowest BCUT2D eigenvalue weighted by Gasteiger charge is -2.13. The second-order valence-electron chi connectivity index (χ2n) is 3.75. The van der Waals surface area contributed by atoms with Gasteiger partial charge in [-0.2, -0.15) is 13.2 Å². The third kappa shape index (κ3) is 3.87. The third-order valence-electron chi connectivity index (χ3n) is 2.43. The summed E-state index contributed by atoms with van der Waals surface area (Å²) in [5, 5.41) is 19.5. The highest BCUT2D eigenvalue weighted by Gasteiger charge is 2.33. The molecule has 0 amide bonds. The van der Waals surface area contributed by atoms with Gasteiger partial charge in [0, 0.05) is 12.0 Å². The van der Waals surface area contributed by atoms with Gasteiger partial charge in [-0.3, -0.25) is 4.79 Å². The predicted molar refractivity (Wildman–Crippen MR) is 59.9 cm³/mol. The van der Waals surface area contributed by atoms with Crippen LogP contribution in [0.2, 0.25) is 0 Å². The molecule has 5 nitrogen and oxygen atoms in total. The Morgan fingerprint density at radius 2 is 2.00 bits per heavy atom. The zero-order valence-corrected chi connectivity index (χ0v) is 9.61. The van der Waals surface area contributed by atoms with Crippen molar-refractivity contribution in [3.8, 4) is 0 Å². The van der Waals surface area contributed by atoms with E-state index in [9.17, 15) is 18.0 Å². The van der Waals surface area contributed by atoms with Gasteiger partial charge in [0.1, 0.15) is 0 Å². The van der Waals surface area contributed by atoms with Crippen LogP contribution in [0.25, 0.3) is 0 Å². The maximum atomic E-state index is 12.8. The standard InChI is InChI=1S/C11H11F3N2O3/c12-11(13,14)8-5-7(10(15)16-19)2-1-6(8)3-4-9(17)18/h1-2,5,19H,3-4H2,(H2,15,16)(H,17,18). The molecule has 0 aliphatic carbocycles. The summed E-state index contributed by atoms with van der Waals surface area (Å²) in [7, 11) is 0. The van der Waals surface area contributed by atoms with Crippen LogP contribution in [0.4, 0.5) is 13.2 Å². The molecule has 0 spiro atoms. The van der Waals surface area contributed by atoms with E-state index in [-0.39, 0.29) is 17.5 Å². The molecule has 0 saturated heterocycles. The normalized spacial score (nSPS) is 12.5. The highest BCUT2D eigenvalue weighted by molar-refractivity contribution is 5.97. The third-order valence-corrected chi connectivity index (χ3v) is 2.43. The minimum absolute atomic E-state index is 0.0890. The summed E-state index contributed by atoms with van der Waals surface area (Å²) in [5.74, 6) is -1.64. The van der Waals surface area contributed by atoms with Crippen molar-refractivity contribution in [1.29, 1.82) is 0 Å². The number of halogens is 3. The van der Waals surface area contributed by atoms with E-state index in [2.05, 4.69) is 5.16 Å². The molecule has 0 bridgehead atoms. The number of aryl methyl sites for hydroxylation is 1. The first-order chi connectivity index (χ1) is 8.75. The molecule has 0 saturated carbocycles. The van der Waals surface area contributed by atoms with Crippen molar-refractivity contribution in [2.24, 2.45) is 10.9 Å². The number of nitrogens with zero attached hydrogens (tertiary/aromatic N) is 1. The predicted octanol–water partition coefficient (Wildman–Crippen LogP) is 1.82. The molecular weight excluding hydrogens is 265 g/mol. The first-order valence-corrected chi connectivity index (χ1v) is 5.15. The number of amidine groups is 1. The SMILES string of the molecule is N/C(=N/O)c1ccc(CCC(=O)O)c(C(F)(F)F)c1. The second-order valence-corrected chi connectivity index (χ2v) is 3.75. The Hall–Kier alpha value is -2.25. The maximum Gasteiger partial charge on any atom is 0.416 e. The van der Waals surface area contributed by atoms with Crippen molar-refractivity contribution in [3.63, 3.8) is 0 Å². The van der Waals surface area contributed by atoms with Crippen molar-refractivity contribution in [2.45, 2.75) is 19.0 Å². The van der Waals surface area contributed by atoms with Gasteiger partial charge in [-0.15, -0.1) is 0 Å². The second kappa shape index (κ2) is 5.59. The number of nitrogens with two attached hydrogens (primary N) is 1. The molecule has 1 aromatic rings. The fraction of sp³-hybridized carbons (Fsp3) is 0.273. The van der Waals surface area contributed by atoms with Crippen molar-refractivity contribution in [3.05, 3.63) is 34.9 Å². The highest BCUT2D eigenvalue weighted by atomic mass is 19.4. The van der Waals surface area contributed by atoms with E-state index < -0.39 is 30.0 Å². The van der Waals surface area contributed by atoms with Gasteiger partial charge in [0.2, 0.25) is 0 Å². The van der Waals surface area contributed by atoms with E-state index in [1.807, 2.05) is 0 Å². The lowest BCUT2D eigenvalue weighted by molar-refractivity contribution is -0.140. The molecule has 0 aliphatic heterocycles. The minimum atomic E-state index is -4.64. The summed E-state index contributed by atoms with van der Waals surface area (Å²) >= 11 is 0. The maximum absolute atomic E-state index is 12.8. The monoisotopic (exact) mass is 276 g/mol. The van der Waals surface area contributed by atoms with Crippen LogP contribution in [-0.2, 0) is 17.4 Å². The molecule has 0 aromatic heterocycles. The summed E-state index contributed by atoms with van der Waals surface area (Å²) in [4.78, 5) is 10.4. The topological polar surface area (TPSA) is 95.9 Å². The van der Waals surface area contributed by atoms with Gasteiger partial charge in [0.25, 0.3) is 0 Å². The van der Waals surface area contributed by atoms with Gasteiger partial charge in [-0.05, 0) is 18.1 Å². The summed E-state index contributed by atoms with van der Waals surface area (Å²) < 4.78 is 38.5. The molecule has 19 heavy (non-hydrogen) atoms. The first kappa shape index (κ1) is 14.8. The number of carbonyl (C=O) groups is 1. The number of hydrogen-bond acceptors (Lipinski definition) is 3. The highest BCUT2D eigenvalue weighted by Crippen LogP contribution is 2.33.